The van der Waals surface area contributed by atoms with E-state index < -0.39 is 0 Å². The van der Waals surface area contributed by atoms with Gasteiger partial charge in [0.05, 0.1) is 34.5 Å². The lowest BCUT2D eigenvalue weighted by Gasteiger charge is -2.26. The van der Waals surface area contributed by atoms with Crippen LogP contribution in [0.15, 0.2) is 35.5 Å². The molecule has 0 aromatic carbocycles. The van der Waals surface area contributed by atoms with Crippen LogP contribution in [0, 0.1) is 0 Å². The molecule has 5 heterocycles. The molecule has 0 amide bonds. The number of anilines is 1. The first-order chi connectivity index (χ1) is 16.1. The van der Waals surface area contributed by atoms with E-state index in [2.05, 4.69) is 19.9 Å². The molecule has 0 atom stereocenters. The normalized spacial score (nSPS) is 21.3. The molecule has 1 aliphatic carbocycles. The summed E-state index contributed by atoms with van der Waals surface area (Å²) in [5.74, 6) is 0.762. The Balaban J connectivity index is 1.47. The van der Waals surface area contributed by atoms with Crippen molar-refractivity contribution in [2.75, 3.05) is 18.0 Å². The predicted molar refractivity (Wildman–Crippen MR) is 126 cm³/mol. The number of hydrogen-bond donors (Lipinski definition) is 1. The number of hydrogen-bond acceptors (Lipinski definition) is 7. The number of aliphatic hydroxyl groups excluding tert-OH is 1. The average molecular weight is 446 g/mol. The van der Waals surface area contributed by atoms with Crippen LogP contribution in [0.25, 0.3) is 33.3 Å². The highest BCUT2D eigenvalue weighted by molar-refractivity contribution is 6.00. The zero-order valence-corrected chi connectivity index (χ0v) is 18.7. The van der Waals surface area contributed by atoms with Crippen molar-refractivity contribution in [3.05, 3.63) is 41.2 Å². The van der Waals surface area contributed by atoms with Gasteiger partial charge >= 0.3 is 5.69 Å². The second-order valence-electron chi connectivity index (χ2n) is 9.20. The van der Waals surface area contributed by atoms with Crippen LogP contribution in [-0.2, 0) is 7.05 Å². The van der Waals surface area contributed by atoms with Gasteiger partial charge in [0.25, 0.3) is 0 Å². The fourth-order valence-corrected chi connectivity index (χ4v) is 5.24. The number of aryl methyl sites for hydroxylation is 1. The quantitative estimate of drug-likeness (QED) is 0.517. The van der Waals surface area contributed by atoms with E-state index in [1.54, 1.807) is 17.8 Å². The molecule has 0 spiro atoms. The molecule has 0 bridgehead atoms. The Morgan fingerprint density at radius 2 is 1.70 bits per heavy atom. The van der Waals surface area contributed by atoms with Crippen molar-refractivity contribution >= 4 is 28.0 Å². The van der Waals surface area contributed by atoms with Crippen molar-refractivity contribution in [3.63, 3.8) is 0 Å². The minimum atomic E-state index is -0.279. The molecular weight excluding hydrogens is 418 g/mol. The van der Waals surface area contributed by atoms with Crippen molar-refractivity contribution in [1.29, 1.82) is 0 Å². The van der Waals surface area contributed by atoms with E-state index in [-0.39, 0.29) is 17.8 Å². The number of fused-ring (bicyclic) bond motifs is 3. The molecule has 1 saturated carbocycles. The maximum Gasteiger partial charge on any atom is 0.329 e. The lowest BCUT2D eigenvalue weighted by molar-refractivity contribution is 0.111. The summed E-state index contributed by atoms with van der Waals surface area (Å²) in [6.45, 7) is 2.00. The Bertz CT molecular complexity index is 1380. The van der Waals surface area contributed by atoms with Gasteiger partial charge in [0.2, 0.25) is 5.95 Å². The standard InChI is InChI=1S/C24H27N7O2/c1-29-20-14-25-19-9-8-18(15-12-26-23(27-13-15)30-10-2-3-11-30)28-21(19)22(20)31(24(29)33)16-4-6-17(32)7-5-16/h8-9,12-14,16-17,32H,2-7,10-11H2,1H3. The molecule has 0 unspecified atom stereocenters. The van der Waals surface area contributed by atoms with E-state index >= 15 is 0 Å². The average Bonchev–Trinajstić information content (AvgIpc) is 3.47. The van der Waals surface area contributed by atoms with Gasteiger partial charge in [-0.25, -0.2) is 19.7 Å². The Hall–Kier alpha value is -3.33. The number of imidazole rings is 1. The van der Waals surface area contributed by atoms with Gasteiger partial charge in [-0.1, -0.05) is 0 Å². The van der Waals surface area contributed by atoms with Crippen molar-refractivity contribution in [3.8, 4) is 11.3 Å². The fraction of sp³-hybridized carbons (Fsp3) is 0.458. The van der Waals surface area contributed by atoms with Crippen molar-refractivity contribution in [1.82, 2.24) is 29.1 Å². The van der Waals surface area contributed by atoms with Gasteiger partial charge in [0.15, 0.2) is 0 Å². The third-order valence-corrected chi connectivity index (χ3v) is 7.12. The molecule has 2 aliphatic rings. The molecule has 1 saturated heterocycles. The summed E-state index contributed by atoms with van der Waals surface area (Å²) < 4.78 is 3.52. The first kappa shape index (κ1) is 20.3. The van der Waals surface area contributed by atoms with E-state index in [1.807, 2.05) is 29.1 Å². The zero-order valence-electron chi connectivity index (χ0n) is 18.7. The van der Waals surface area contributed by atoms with Crippen molar-refractivity contribution < 1.29 is 5.11 Å². The Morgan fingerprint density at radius 3 is 2.42 bits per heavy atom. The maximum atomic E-state index is 13.2. The molecular formula is C24H27N7O2. The van der Waals surface area contributed by atoms with Gasteiger partial charge in [-0.05, 0) is 50.7 Å². The second kappa shape index (κ2) is 7.91. The monoisotopic (exact) mass is 445 g/mol. The summed E-state index contributed by atoms with van der Waals surface area (Å²) in [6.07, 6.45) is 10.4. The van der Waals surface area contributed by atoms with Crippen molar-refractivity contribution in [2.45, 2.75) is 50.7 Å². The van der Waals surface area contributed by atoms with Gasteiger partial charge in [-0.2, -0.15) is 0 Å². The molecule has 4 aromatic rings. The number of nitrogens with zero attached hydrogens (tertiary/aromatic N) is 7. The predicted octanol–water partition coefficient (Wildman–Crippen LogP) is 2.82. The number of aliphatic hydroxyl groups is 1. The number of pyridine rings is 2. The molecule has 9 heteroatoms. The SMILES string of the molecule is Cn1c(=O)n(C2CCC(O)CC2)c2c3nc(-c4cnc(N5CCCC5)nc4)ccc3ncc21. The molecule has 6 rings (SSSR count). The first-order valence-electron chi connectivity index (χ1n) is 11.7. The summed E-state index contributed by atoms with van der Waals surface area (Å²) in [5, 5.41) is 9.95. The lowest BCUT2D eigenvalue weighted by Crippen LogP contribution is -2.29. The highest BCUT2D eigenvalue weighted by Crippen LogP contribution is 2.33. The first-order valence-corrected chi connectivity index (χ1v) is 11.7. The van der Waals surface area contributed by atoms with Gasteiger partial charge in [-0.15, -0.1) is 0 Å². The summed E-state index contributed by atoms with van der Waals surface area (Å²) >= 11 is 0. The third kappa shape index (κ3) is 3.38. The van der Waals surface area contributed by atoms with Crippen molar-refractivity contribution in [2.24, 2.45) is 7.05 Å². The molecule has 9 nitrogen and oxygen atoms in total. The van der Waals surface area contributed by atoms with E-state index in [0.717, 1.165) is 59.7 Å². The highest BCUT2D eigenvalue weighted by atomic mass is 16.3. The minimum Gasteiger partial charge on any atom is -0.393 e. The fourth-order valence-electron chi connectivity index (χ4n) is 5.24. The molecule has 0 radical (unpaired) electrons. The largest absolute Gasteiger partial charge is 0.393 e. The molecule has 170 valence electrons. The van der Waals surface area contributed by atoms with E-state index in [4.69, 9.17) is 4.98 Å². The Morgan fingerprint density at radius 1 is 0.970 bits per heavy atom. The number of aromatic nitrogens is 6. The second-order valence-corrected chi connectivity index (χ2v) is 9.20. The molecule has 2 fully saturated rings. The lowest BCUT2D eigenvalue weighted by atomic mass is 9.93. The zero-order chi connectivity index (χ0) is 22.5. The smallest absolute Gasteiger partial charge is 0.329 e. The topological polar surface area (TPSA) is 102 Å². The highest BCUT2D eigenvalue weighted by Gasteiger charge is 2.26. The Kier molecular flexibility index (Phi) is 4.86. The molecule has 33 heavy (non-hydrogen) atoms. The van der Waals surface area contributed by atoms with Crippen LogP contribution in [0.2, 0.25) is 0 Å². The molecule has 1 aliphatic heterocycles. The van der Waals surface area contributed by atoms with Crippen LogP contribution in [-0.4, -0.2) is 53.4 Å². The van der Waals surface area contributed by atoms with Crippen LogP contribution >= 0.6 is 0 Å². The van der Waals surface area contributed by atoms with Crippen LogP contribution in [0.1, 0.15) is 44.6 Å². The van der Waals surface area contributed by atoms with Gasteiger partial charge < -0.3 is 10.0 Å². The van der Waals surface area contributed by atoms with E-state index in [9.17, 15) is 9.90 Å². The summed E-state index contributed by atoms with van der Waals surface area (Å²) in [5.41, 5.74) is 4.56. The minimum absolute atomic E-state index is 0.0451. The summed E-state index contributed by atoms with van der Waals surface area (Å²) in [7, 11) is 1.78. The van der Waals surface area contributed by atoms with Crippen LogP contribution in [0.4, 0.5) is 5.95 Å². The molecule has 1 N–H and O–H groups in total. The van der Waals surface area contributed by atoms with E-state index in [0.29, 0.717) is 18.4 Å². The summed E-state index contributed by atoms with van der Waals surface area (Å²) in [4.78, 5) is 34.1. The maximum absolute atomic E-state index is 13.2. The summed E-state index contributed by atoms with van der Waals surface area (Å²) in [6, 6.07) is 3.92. The van der Waals surface area contributed by atoms with Gasteiger partial charge in [-0.3, -0.25) is 14.1 Å². The van der Waals surface area contributed by atoms with Crippen LogP contribution < -0.4 is 10.6 Å². The van der Waals surface area contributed by atoms with Gasteiger partial charge in [0, 0.05) is 44.1 Å². The third-order valence-electron chi connectivity index (χ3n) is 7.12. The van der Waals surface area contributed by atoms with E-state index in [1.165, 1.54) is 12.8 Å². The van der Waals surface area contributed by atoms with Gasteiger partial charge in [0.1, 0.15) is 5.52 Å². The van der Waals surface area contributed by atoms with Crippen LogP contribution in [0.3, 0.4) is 0 Å². The Labute approximate surface area is 190 Å². The number of rotatable bonds is 3. The van der Waals surface area contributed by atoms with Crippen LogP contribution in [0.5, 0.6) is 0 Å². The molecule has 4 aromatic heterocycles.